The second-order valence-electron chi connectivity index (χ2n) is 4.68. The second kappa shape index (κ2) is 6.59. The van der Waals surface area contributed by atoms with Gasteiger partial charge in [-0.2, -0.15) is 11.8 Å². The summed E-state index contributed by atoms with van der Waals surface area (Å²) in [5, 5.41) is 12.3. The van der Waals surface area contributed by atoms with Crippen molar-refractivity contribution in [3.8, 4) is 0 Å². The molecule has 0 bridgehead atoms. The van der Waals surface area contributed by atoms with Crippen LogP contribution in [0.3, 0.4) is 0 Å². The van der Waals surface area contributed by atoms with Crippen molar-refractivity contribution in [3.63, 3.8) is 0 Å². The van der Waals surface area contributed by atoms with Crippen molar-refractivity contribution in [1.82, 2.24) is 5.32 Å². The van der Waals surface area contributed by atoms with Gasteiger partial charge in [0.05, 0.1) is 5.56 Å². The number of halogens is 1. The van der Waals surface area contributed by atoms with Gasteiger partial charge in [0.1, 0.15) is 0 Å². The molecular formula is C13H18BrNO2S. The molecule has 0 amide bonds. The van der Waals surface area contributed by atoms with Crippen LogP contribution in [0.2, 0.25) is 0 Å². The summed E-state index contributed by atoms with van der Waals surface area (Å²) >= 11 is 5.23. The Bertz CT molecular complexity index is 435. The van der Waals surface area contributed by atoms with E-state index < -0.39 is 5.97 Å². The maximum Gasteiger partial charge on any atom is 0.335 e. The van der Waals surface area contributed by atoms with Gasteiger partial charge in [-0.15, -0.1) is 0 Å². The van der Waals surface area contributed by atoms with Gasteiger partial charge in [-0.1, -0.05) is 22.0 Å². The molecule has 0 aliphatic rings. The predicted molar refractivity (Wildman–Crippen MR) is 80.4 cm³/mol. The number of nitrogens with one attached hydrogen (secondary N) is 1. The van der Waals surface area contributed by atoms with Gasteiger partial charge < -0.3 is 10.4 Å². The number of aromatic carboxylic acids is 1. The third-order valence-corrected chi connectivity index (χ3v) is 4.71. The molecule has 100 valence electrons. The summed E-state index contributed by atoms with van der Waals surface area (Å²) in [4.78, 5) is 10.8. The highest BCUT2D eigenvalue weighted by atomic mass is 79.9. The molecule has 0 radical (unpaired) electrons. The largest absolute Gasteiger partial charge is 0.478 e. The quantitative estimate of drug-likeness (QED) is 0.838. The Morgan fingerprint density at radius 2 is 2.17 bits per heavy atom. The molecular weight excluding hydrogens is 314 g/mol. The molecule has 0 aliphatic carbocycles. The predicted octanol–water partition coefficient (Wildman–Crippen LogP) is 3.38. The number of hydrogen-bond donors (Lipinski definition) is 2. The highest BCUT2D eigenvalue weighted by Gasteiger charge is 2.15. The van der Waals surface area contributed by atoms with Crippen molar-refractivity contribution < 1.29 is 9.90 Å². The first-order valence-electron chi connectivity index (χ1n) is 5.63. The molecule has 3 nitrogen and oxygen atoms in total. The standard InChI is InChI=1S/C13H18BrNO2S/c1-13(2,18-3)8-15-7-10-5-4-9(12(16)17)6-11(10)14/h4-6,15H,7-8H2,1-3H3,(H,16,17). The van der Waals surface area contributed by atoms with Crippen LogP contribution in [-0.4, -0.2) is 28.6 Å². The van der Waals surface area contributed by atoms with Gasteiger partial charge in [0, 0.05) is 22.3 Å². The van der Waals surface area contributed by atoms with Gasteiger partial charge >= 0.3 is 5.97 Å². The van der Waals surface area contributed by atoms with Crippen LogP contribution in [0.15, 0.2) is 22.7 Å². The number of rotatable bonds is 6. The third-order valence-electron chi connectivity index (χ3n) is 2.72. The molecule has 0 spiro atoms. The van der Waals surface area contributed by atoms with E-state index in [0.29, 0.717) is 5.56 Å². The van der Waals surface area contributed by atoms with Gasteiger partial charge in [-0.3, -0.25) is 0 Å². The summed E-state index contributed by atoms with van der Waals surface area (Å²) in [6, 6.07) is 5.11. The van der Waals surface area contributed by atoms with E-state index in [-0.39, 0.29) is 4.75 Å². The Hall–Kier alpha value is -0.520. The molecule has 5 heteroatoms. The van der Waals surface area contributed by atoms with E-state index in [4.69, 9.17) is 5.11 Å². The Kier molecular flexibility index (Phi) is 5.69. The number of benzene rings is 1. The lowest BCUT2D eigenvalue weighted by molar-refractivity contribution is 0.0697. The third kappa shape index (κ3) is 4.63. The first-order valence-corrected chi connectivity index (χ1v) is 7.65. The minimum atomic E-state index is -0.904. The Labute approximate surface area is 120 Å². The van der Waals surface area contributed by atoms with E-state index in [0.717, 1.165) is 23.1 Å². The maximum absolute atomic E-state index is 10.8. The highest BCUT2D eigenvalue weighted by Crippen LogP contribution is 2.21. The lowest BCUT2D eigenvalue weighted by atomic mass is 10.1. The molecule has 0 saturated carbocycles. The minimum Gasteiger partial charge on any atom is -0.478 e. The molecule has 1 rings (SSSR count). The van der Waals surface area contributed by atoms with Crippen LogP contribution >= 0.6 is 27.7 Å². The van der Waals surface area contributed by atoms with Gasteiger partial charge in [0.25, 0.3) is 0 Å². The molecule has 0 atom stereocenters. The number of hydrogen-bond acceptors (Lipinski definition) is 3. The summed E-state index contributed by atoms with van der Waals surface area (Å²) in [5.74, 6) is -0.904. The molecule has 1 aromatic carbocycles. The van der Waals surface area contributed by atoms with Crippen LogP contribution in [0.4, 0.5) is 0 Å². The second-order valence-corrected chi connectivity index (χ2v) is 7.05. The molecule has 0 aromatic heterocycles. The first-order chi connectivity index (χ1) is 8.35. The van der Waals surface area contributed by atoms with Crippen molar-refractivity contribution in [2.24, 2.45) is 0 Å². The molecule has 0 unspecified atom stereocenters. The van der Waals surface area contributed by atoms with Crippen molar-refractivity contribution in [1.29, 1.82) is 0 Å². The molecule has 0 saturated heterocycles. The Morgan fingerprint density at radius 3 is 2.67 bits per heavy atom. The van der Waals surface area contributed by atoms with E-state index in [1.165, 1.54) is 0 Å². The van der Waals surface area contributed by atoms with Gasteiger partial charge in [0.15, 0.2) is 0 Å². The topological polar surface area (TPSA) is 49.3 Å². The molecule has 18 heavy (non-hydrogen) atoms. The van der Waals surface area contributed by atoms with E-state index in [1.54, 1.807) is 12.1 Å². The van der Waals surface area contributed by atoms with Crippen LogP contribution in [0.25, 0.3) is 0 Å². The highest BCUT2D eigenvalue weighted by molar-refractivity contribution is 9.10. The van der Waals surface area contributed by atoms with Crippen molar-refractivity contribution in [2.45, 2.75) is 25.1 Å². The number of thioether (sulfide) groups is 1. The summed E-state index contributed by atoms with van der Waals surface area (Å²) in [6.45, 7) is 6.01. The first kappa shape index (κ1) is 15.5. The number of carboxylic acid groups (broad SMARTS) is 1. The Morgan fingerprint density at radius 1 is 1.50 bits per heavy atom. The molecule has 0 fully saturated rings. The number of carboxylic acids is 1. The van der Waals surface area contributed by atoms with Gasteiger partial charge in [-0.05, 0) is 37.8 Å². The monoisotopic (exact) mass is 331 g/mol. The van der Waals surface area contributed by atoms with E-state index >= 15 is 0 Å². The van der Waals surface area contributed by atoms with Crippen LogP contribution in [0, 0.1) is 0 Å². The van der Waals surface area contributed by atoms with Gasteiger partial charge in [0.2, 0.25) is 0 Å². The number of carbonyl (C=O) groups is 1. The zero-order valence-corrected chi connectivity index (χ0v) is 13.2. The summed E-state index contributed by atoms with van der Waals surface area (Å²) in [7, 11) is 0. The van der Waals surface area contributed by atoms with Crippen molar-refractivity contribution in [3.05, 3.63) is 33.8 Å². The lowest BCUT2D eigenvalue weighted by Crippen LogP contribution is -2.31. The SMILES string of the molecule is CSC(C)(C)CNCc1ccc(C(=O)O)cc1Br. The van der Waals surface area contributed by atoms with Gasteiger partial charge in [-0.25, -0.2) is 4.79 Å². The molecule has 0 heterocycles. The normalized spacial score (nSPS) is 11.6. The average molecular weight is 332 g/mol. The van der Waals surface area contributed by atoms with Crippen LogP contribution in [0.5, 0.6) is 0 Å². The van der Waals surface area contributed by atoms with Crippen LogP contribution in [-0.2, 0) is 6.54 Å². The zero-order valence-electron chi connectivity index (χ0n) is 10.8. The minimum absolute atomic E-state index is 0.202. The summed E-state index contributed by atoms with van der Waals surface area (Å²) in [6.07, 6.45) is 2.10. The van der Waals surface area contributed by atoms with Crippen LogP contribution < -0.4 is 5.32 Å². The van der Waals surface area contributed by atoms with Crippen molar-refractivity contribution >= 4 is 33.7 Å². The summed E-state index contributed by atoms with van der Waals surface area (Å²) in [5.41, 5.74) is 1.37. The summed E-state index contributed by atoms with van der Waals surface area (Å²) < 4.78 is 1.03. The molecule has 2 N–H and O–H groups in total. The van der Waals surface area contributed by atoms with Crippen LogP contribution in [0.1, 0.15) is 29.8 Å². The fraction of sp³-hybridized carbons (Fsp3) is 0.462. The maximum atomic E-state index is 10.8. The van der Waals surface area contributed by atoms with E-state index in [1.807, 2.05) is 17.8 Å². The molecule has 1 aromatic rings. The molecule has 0 aliphatic heterocycles. The fourth-order valence-corrected chi connectivity index (χ4v) is 2.16. The smallest absolute Gasteiger partial charge is 0.335 e. The van der Waals surface area contributed by atoms with E-state index in [2.05, 4.69) is 41.3 Å². The lowest BCUT2D eigenvalue weighted by Gasteiger charge is -2.22. The average Bonchev–Trinajstić information content (AvgIpc) is 2.31. The van der Waals surface area contributed by atoms with Crippen molar-refractivity contribution in [2.75, 3.05) is 12.8 Å². The zero-order chi connectivity index (χ0) is 13.8. The fourth-order valence-electron chi connectivity index (χ4n) is 1.39. The van der Waals surface area contributed by atoms with E-state index in [9.17, 15) is 4.79 Å². The Balaban J connectivity index is 2.61.